The normalized spacial score (nSPS) is 16.0. The fraction of sp³-hybridized carbons (Fsp3) is 0.273. The molecule has 30 heavy (non-hydrogen) atoms. The number of benzene rings is 2. The van der Waals surface area contributed by atoms with Crippen LogP contribution in [-0.2, 0) is 16.0 Å². The van der Waals surface area contributed by atoms with E-state index in [4.69, 9.17) is 4.74 Å². The molecule has 8 heteroatoms. The molecule has 4 rings (SSSR count). The zero-order valence-electron chi connectivity index (χ0n) is 16.4. The number of aromatic amines is 1. The summed E-state index contributed by atoms with van der Waals surface area (Å²) in [5, 5.41) is 6.00. The van der Waals surface area contributed by atoms with Crippen LogP contribution in [0.5, 0.6) is 5.75 Å². The standard InChI is InChI=1S/C22H21F2N3O3/c1-30-18-11-14(24)10-16-15(6-7-19(28)26-17-8-9-25-22(17)29)20(27-21(16)18)12-2-4-13(23)5-3-12/h2-5,10-11,17,27H,6-9H2,1H3,(H,25,29)(H,26,28). The fourth-order valence-corrected chi connectivity index (χ4v) is 3.80. The van der Waals surface area contributed by atoms with Gasteiger partial charge in [0.25, 0.3) is 0 Å². The number of ether oxygens (including phenoxy) is 1. The number of rotatable bonds is 6. The van der Waals surface area contributed by atoms with Gasteiger partial charge in [-0.05, 0) is 54.3 Å². The summed E-state index contributed by atoms with van der Waals surface area (Å²) in [4.78, 5) is 27.3. The number of carbonyl (C=O) groups is 2. The number of aromatic nitrogens is 1. The summed E-state index contributed by atoms with van der Waals surface area (Å²) in [6.07, 6.45) is 0.976. The molecule has 1 saturated heterocycles. The molecule has 2 aromatic carbocycles. The van der Waals surface area contributed by atoms with Crippen LogP contribution < -0.4 is 15.4 Å². The molecule has 2 amide bonds. The zero-order valence-corrected chi connectivity index (χ0v) is 16.4. The number of fused-ring (bicyclic) bond motifs is 1. The van der Waals surface area contributed by atoms with E-state index in [1.54, 1.807) is 12.1 Å². The maximum Gasteiger partial charge on any atom is 0.242 e. The summed E-state index contributed by atoms with van der Waals surface area (Å²) in [5.74, 6) is -0.938. The highest BCUT2D eigenvalue weighted by Crippen LogP contribution is 2.36. The summed E-state index contributed by atoms with van der Waals surface area (Å²) in [6.45, 7) is 0.542. The van der Waals surface area contributed by atoms with Crippen LogP contribution in [0.3, 0.4) is 0 Å². The highest BCUT2D eigenvalue weighted by Gasteiger charge is 2.26. The van der Waals surface area contributed by atoms with Crippen LogP contribution in [0.1, 0.15) is 18.4 Å². The number of carbonyl (C=O) groups excluding carboxylic acids is 2. The lowest BCUT2D eigenvalue weighted by Gasteiger charge is -2.10. The highest BCUT2D eigenvalue weighted by molar-refractivity contribution is 5.95. The molecule has 1 aromatic heterocycles. The largest absolute Gasteiger partial charge is 0.494 e. The van der Waals surface area contributed by atoms with Gasteiger partial charge in [-0.2, -0.15) is 0 Å². The molecule has 1 aliphatic heterocycles. The second kappa shape index (κ2) is 8.14. The van der Waals surface area contributed by atoms with Crippen molar-refractivity contribution in [1.29, 1.82) is 0 Å². The first-order valence-corrected chi connectivity index (χ1v) is 9.67. The number of H-pyrrole nitrogens is 1. The van der Waals surface area contributed by atoms with Crippen molar-refractivity contribution < 1.29 is 23.1 Å². The molecule has 2 heterocycles. The SMILES string of the molecule is COc1cc(F)cc2c(CCC(=O)NC3CCNC3=O)c(-c3ccc(F)cc3)[nH]c12. The Labute approximate surface area is 171 Å². The lowest BCUT2D eigenvalue weighted by molar-refractivity contribution is -0.127. The van der Waals surface area contributed by atoms with Crippen molar-refractivity contribution in [3.05, 3.63) is 53.6 Å². The number of methoxy groups -OCH3 is 1. The van der Waals surface area contributed by atoms with Gasteiger partial charge in [-0.25, -0.2) is 8.78 Å². The Morgan fingerprint density at radius 2 is 1.97 bits per heavy atom. The first-order valence-electron chi connectivity index (χ1n) is 9.67. The Hall–Kier alpha value is -3.42. The van der Waals surface area contributed by atoms with E-state index in [0.717, 1.165) is 5.56 Å². The van der Waals surface area contributed by atoms with Gasteiger partial charge in [0.05, 0.1) is 12.6 Å². The first-order chi connectivity index (χ1) is 14.5. The second-order valence-corrected chi connectivity index (χ2v) is 7.22. The predicted octanol–water partition coefficient (Wildman–Crippen LogP) is 3.06. The summed E-state index contributed by atoms with van der Waals surface area (Å²) >= 11 is 0. The lowest BCUT2D eigenvalue weighted by atomic mass is 10.0. The van der Waals surface area contributed by atoms with E-state index < -0.39 is 11.9 Å². The maximum absolute atomic E-state index is 14.2. The number of halogens is 2. The van der Waals surface area contributed by atoms with E-state index in [1.165, 1.54) is 31.4 Å². The molecule has 1 fully saturated rings. The topological polar surface area (TPSA) is 83.2 Å². The minimum atomic E-state index is -0.519. The van der Waals surface area contributed by atoms with Gasteiger partial charge in [0, 0.05) is 30.1 Å². The van der Waals surface area contributed by atoms with Crippen molar-refractivity contribution in [2.75, 3.05) is 13.7 Å². The molecule has 156 valence electrons. The fourth-order valence-electron chi connectivity index (χ4n) is 3.80. The Morgan fingerprint density at radius 1 is 1.20 bits per heavy atom. The van der Waals surface area contributed by atoms with Crippen molar-refractivity contribution >= 4 is 22.7 Å². The number of hydrogen-bond donors (Lipinski definition) is 3. The summed E-state index contributed by atoms with van der Waals surface area (Å²) in [5.41, 5.74) is 2.70. The van der Waals surface area contributed by atoms with Gasteiger partial charge < -0.3 is 20.4 Å². The minimum Gasteiger partial charge on any atom is -0.494 e. The molecule has 1 unspecified atom stereocenters. The molecule has 1 aliphatic rings. The quantitative estimate of drug-likeness (QED) is 0.581. The minimum absolute atomic E-state index is 0.115. The average Bonchev–Trinajstić information content (AvgIpc) is 3.29. The van der Waals surface area contributed by atoms with Crippen LogP contribution in [0.4, 0.5) is 8.78 Å². The smallest absolute Gasteiger partial charge is 0.242 e. The van der Waals surface area contributed by atoms with Crippen LogP contribution in [0, 0.1) is 11.6 Å². The molecule has 1 atom stereocenters. The van der Waals surface area contributed by atoms with Crippen LogP contribution >= 0.6 is 0 Å². The zero-order chi connectivity index (χ0) is 21.3. The average molecular weight is 413 g/mol. The van der Waals surface area contributed by atoms with Crippen molar-refractivity contribution in [2.24, 2.45) is 0 Å². The van der Waals surface area contributed by atoms with E-state index in [0.29, 0.717) is 47.3 Å². The molecule has 3 N–H and O–H groups in total. The van der Waals surface area contributed by atoms with Crippen molar-refractivity contribution in [2.45, 2.75) is 25.3 Å². The molecule has 0 radical (unpaired) electrons. The molecule has 0 saturated carbocycles. The number of aryl methyl sites for hydroxylation is 1. The third kappa shape index (κ3) is 3.85. The van der Waals surface area contributed by atoms with Gasteiger partial charge in [-0.3, -0.25) is 9.59 Å². The summed E-state index contributed by atoms with van der Waals surface area (Å²) < 4.78 is 32.9. The van der Waals surface area contributed by atoms with Crippen molar-refractivity contribution in [3.8, 4) is 17.0 Å². The molecule has 0 spiro atoms. The molecular weight excluding hydrogens is 392 g/mol. The van der Waals surface area contributed by atoms with Gasteiger partial charge in [-0.15, -0.1) is 0 Å². The summed E-state index contributed by atoms with van der Waals surface area (Å²) in [7, 11) is 1.45. The van der Waals surface area contributed by atoms with E-state index >= 15 is 0 Å². The highest BCUT2D eigenvalue weighted by atomic mass is 19.1. The monoisotopic (exact) mass is 413 g/mol. The molecule has 0 aliphatic carbocycles. The van der Waals surface area contributed by atoms with Gasteiger partial charge in [0.15, 0.2) is 0 Å². The molecule has 3 aromatic rings. The first kappa shape index (κ1) is 19.9. The lowest BCUT2D eigenvalue weighted by Crippen LogP contribution is -2.40. The van der Waals surface area contributed by atoms with Crippen molar-refractivity contribution in [3.63, 3.8) is 0 Å². The number of amides is 2. The van der Waals surface area contributed by atoms with Gasteiger partial charge in [-0.1, -0.05) is 0 Å². The van der Waals surface area contributed by atoms with E-state index in [1.807, 2.05) is 0 Å². The number of hydrogen-bond acceptors (Lipinski definition) is 3. The van der Waals surface area contributed by atoms with Gasteiger partial charge >= 0.3 is 0 Å². The third-order valence-corrected chi connectivity index (χ3v) is 5.28. The number of nitrogens with one attached hydrogen (secondary N) is 3. The molecular formula is C22H21F2N3O3. The van der Waals surface area contributed by atoms with Crippen LogP contribution in [0.15, 0.2) is 36.4 Å². The van der Waals surface area contributed by atoms with E-state index in [9.17, 15) is 18.4 Å². The Kier molecular flexibility index (Phi) is 5.39. The molecule has 6 nitrogen and oxygen atoms in total. The van der Waals surface area contributed by atoms with Crippen LogP contribution in [0.2, 0.25) is 0 Å². The van der Waals surface area contributed by atoms with E-state index in [2.05, 4.69) is 15.6 Å². The van der Waals surface area contributed by atoms with Crippen LogP contribution in [-0.4, -0.2) is 36.5 Å². The Balaban J connectivity index is 1.68. The van der Waals surface area contributed by atoms with Crippen LogP contribution in [0.25, 0.3) is 22.2 Å². The third-order valence-electron chi connectivity index (χ3n) is 5.28. The van der Waals surface area contributed by atoms with Gasteiger partial charge in [0.2, 0.25) is 11.8 Å². The predicted molar refractivity (Wildman–Crippen MR) is 108 cm³/mol. The maximum atomic E-state index is 14.2. The van der Waals surface area contributed by atoms with Gasteiger partial charge in [0.1, 0.15) is 23.4 Å². The second-order valence-electron chi connectivity index (χ2n) is 7.22. The summed E-state index contributed by atoms with van der Waals surface area (Å²) in [6, 6.07) is 8.07. The Morgan fingerprint density at radius 3 is 2.63 bits per heavy atom. The molecule has 0 bridgehead atoms. The Bertz CT molecular complexity index is 1110. The van der Waals surface area contributed by atoms with E-state index in [-0.39, 0.29) is 24.1 Å². The van der Waals surface area contributed by atoms with Crippen molar-refractivity contribution in [1.82, 2.24) is 15.6 Å².